The van der Waals surface area contributed by atoms with E-state index in [1.165, 1.54) is 6.07 Å². The molecule has 3 nitrogen and oxygen atoms in total. The summed E-state index contributed by atoms with van der Waals surface area (Å²) in [5, 5.41) is 0. The highest BCUT2D eigenvalue weighted by molar-refractivity contribution is 9.11. The zero-order valence-corrected chi connectivity index (χ0v) is 10.8. The average molecular weight is 320 g/mol. The molecule has 86 valence electrons. The Morgan fingerprint density at radius 1 is 1.60 bits per heavy atom. The van der Waals surface area contributed by atoms with Gasteiger partial charge in [0.15, 0.2) is 0 Å². The van der Waals surface area contributed by atoms with Gasteiger partial charge in [0, 0.05) is 0 Å². The molecule has 1 heterocycles. The van der Waals surface area contributed by atoms with E-state index in [0.717, 1.165) is 16.9 Å². The molecule has 0 fully saturated rings. The molecule has 0 aliphatic carbocycles. The van der Waals surface area contributed by atoms with Crippen LogP contribution in [0.2, 0.25) is 0 Å². The third-order valence-corrected chi connectivity index (χ3v) is 5.56. The van der Waals surface area contributed by atoms with Crippen molar-refractivity contribution >= 4 is 37.3 Å². The third-order valence-electron chi connectivity index (χ3n) is 1.53. The first-order chi connectivity index (χ1) is 6.83. The van der Waals surface area contributed by atoms with Crippen molar-refractivity contribution in [2.24, 2.45) is 0 Å². The first kappa shape index (κ1) is 13.0. The summed E-state index contributed by atoms with van der Waals surface area (Å²) in [4.78, 5) is 0. The Bertz CT molecular complexity index is 424. The molecule has 0 atom stereocenters. The largest absolute Gasteiger partial charge is 0.251 e. The molecule has 1 rings (SSSR count). The number of rotatable bonds is 4. The van der Waals surface area contributed by atoms with Crippen LogP contribution in [0.5, 0.6) is 0 Å². The molecule has 15 heavy (non-hydrogen) atoms. The average Bonchev–Trinajstić information content (AvgIpc) is 2.45. The molecule has 0 saturated carbocycles. The van der Waals surface area contributed by atoms with Gasteiger partial charge in [0.2, 0.25) is 10.0 Å². The maximum Gasteiger partial charge on any atom is 0.251 e. The van der Waals surface area contributed by atoms with Crippen molar-refractivity contribution < 1.29 is 17.2 Å². The van der Waals surface area contributed by atoms with Crippen LogP contribution in [0.3, 0.4) is 0 Å². The summed E-state index contributed by atoms with van der Waals surface area (Å²) < 4.78 is 49.1. The summed E-state index contributed by atoms with van der Waals surface area (Å²) in [5.41, 5.74) is 0.762. The van der Waals surface area contributed by atoms with E-state index < -0.39 is 23.0 Å². The van der Waals surface area contributed by atoms with Crippen LogP contribution in [-0.4, -0.2) is 21.4 Å². The number of thiophene rings is 1. The summed E-state index contributed by atoms with van der Waals surface area (Å²) in [5.74, 6) is 0. The Labute approximate surface area is 98.7 Å². The molecule has 0 amide bonds. The van der Waals surface area contributed by atoms with Crippen molar-refractivity contribution in [1.82, 2.24) is 4.72 Å². The van der Waals surface area contributed by atoms with Gasteiger partial charge in [-0.15, -0.1) is 11.3 Å². The summed E-state index contributed by atoms with van der Waals surface area (Å²) in [7, 11) is -3.80. The van der Waals surface area contributed by atoms with Gasteiger partial charge in [-0.25, -0.2) is 21.9 Å². The first-order valence-electron chi connectivity index (χ1n) is 3.86. The van der Waals surface area contributed by atoms with Crippen LogP contribution in [-0.2, 0) is 10.0 Å². The lowest BCUT2D eigenvalue weighted by Crippen LogP contribution is -2.28. The predicted octanol–water partition coefficient (Wildman–Crippen LogP) is 2.36. The van der Waals surface area contributed by atoms with E-state index in [0.29, 0.717) is 3.79 Å². The second kappa shape index (κ2) is 4.86. The minimum Gasteiger partial charge on any atom is -0.209 e. The fourth-order valence-electron chi connectivity index (χ4n) is 0.808. The molecular formula is C7H8BrF2NO2S2. The van der Waals surface area contributed by atoms with Crippen molar-refractivity contribution in [2.45, 2.75) is 17.6 Å². The molecule has 8 heteroatoms. The van der Waals surface area contributed by atoms with Crippen LogP contribution in [0.15, 0.2) is 14.1 Å². The molecule has 0 aromatic carbocycles. The van der Waals surface area contributed by atoms with E-state index >= 15 is 0 Å². The second-order valence-corrected chi connectivity index (χ2v) is 7.13. The number of hydrogen-bond acceptors (Lipinski definition) is 3. The van der Waals surface area contributed by atoms with E-state index in [1.54, 1.807) is 6.92 Å². The smallest absolute Gasteiger partial charge is 0.209 e. The molecule has 0 spiro atoms. The zero-order chi connectivity index (χ0) is 11.6. The molecule has 1 N–H and O–H groups in total. The van der Waals surface area contributed by atoms with E-state index in [-0.39, 0.29) is 4.21 Å². The minimum atomic E-state index is -3.80. The standard InChI is InChI=1S/C7H8BrF2NO2S2/c1-4-2-6(14-7(4)8)15(12,13)11-3-5(9)10/h2,5,11H,3H2,1H3. The first-order valence-corrected chi connectivity index (χ1v) is 6.96. The van der Waals surface area contributed by atoms with Gasteiger partial charge in [-0.1, -0.05) is 0 Å². The van der Waals surface area contributed by atoms with Gasteiger partial charge in [-0.2, -0.15) is 0 Å². The monoisotopic (exact) mass is 319 g/mol. The summed E-state index contributed by atoms with van der Waals surface area (Å²) in [6.07, 6.45) is -2.69. The highest BCUT2D eigenvalue weighted by atomic mass is 79.9. The lowest BCUT2D eigenvalue weighted by molar-refractivity contribution is 0.153. The molecule has 1 aromatic heterocycles. The number of alkyl halides is 2. The summed E-state index contributed by atoms with van der Waals surface area (Å²) in [6.45, 7) is 0.865. The maximum absolute atomic E-state index is 11.8. The molecule has 1 aromatic rings. The van der Waals surface area contributed by atoms with Crippen molar-refractivity contribution in [3.05, 3.63) is 15.4 Å². The summed E-state index contributed by atoms with van der Waals surface area (Å²) in [6, 6.07) is 1.43. The zero-order valence-electron chi connectivity index (χ0n) is 7.63. The van der Waals surface area contributed by atoms with E-state index in [4.69, 9.17) is 0 Å². The van der Waals surface area contributed by atoms with Crippen molar-refractivity contribution in [2.75, 3.05) is 6.54 Å². The predicted molar refractivity (Wildman–Crippen MR) is 57.9 cm³/mol. The highest BCUT2D eigenvalue weighted by Gasteiger charge is 2.19. The van der Waals surface area contributed by atoms with Gasteiger partial charge < -0.3 is 0 Å². The molecule has 0 unspecified atom stereocenters. The molecular weight excluding hydrogens is 312 g/mol. The SMILES string of the molecule is Cc1cc(S(=O)(=O)NCC(F)F)sc1Br. The maximum atomic E-state index is 11.8. The number of hydrogen-bond donors (Lipinski definition) is 1. The Morgan fingerprint density at radius 2 is 2.20 bits per heavy atom. The van der Waals surface area contributed by atoms with Gasteiger partial charge >= 0.3 is 0 Å². The van der Waals surface area contributed by atoms with Gasteiger partial charge in [0.05, 0.1) is 10.3 Å². The number of aryl methyl sites for hydroxylation is 1. The Morgan fingerprint density at radius 3 is 2.60 bits per heavy atom. The lowest BCUT2D eigenvalue weighted by atomic mass is 10.4. The van der Waals surface area contributed by atoms with Gasteiger partial charge in [0.25, 0.3) is 6.43 Å². The third kappa shape index (κ3) is 3.47. The lowest BCUT2D eigenvalue weighted by Gasteiger charge is -2.02. The van der Waals surface area contributed by atoms with Crippen LogP contribution >= 0.6 is 27.3 Å². The van der Waals surface area contributed by atoms with E-state index in [1.807, 2.05) is 4.72 Å². The Kier molecular flexibility index (Phi) is 4.21. The molecule has 0 saturated heterocycles. The van der Waals surface area contributed by atoms with Crippen molar-refractivity contribution in [3.63, 3.8) is 0 Å². The van der Waals surface area contributed by atoms with Crippen LogP contribution in [0.1, 0.15) is 5.56 Å². The van der Waals surface area contributed by atoms with Gasteiger partial charge in [-0.3, -0.25) is 0 Å². The van der Waals surface area contributed by atoms with Gasteiger partial charge in [-0.05, 0) is 34.5 Å². The van der Waals surface area contributed by atoms with Crippen LogP contribution in [0.25, 0.3) is 0 Å². The molecule has 0 bridgehead atoms. The molecule has 0 radical (unpaired) electrons. The van der Waals surface area contributed by atoms with Crippen molar-refractivity contribution in [3.8, 4) is 0 Å². The second-order valence-electron chi connectivity index (χ2n) is 2.77. The summed E-state index contributed by atoms with van der Waals surface area (Å²) >= 11 is 4.16. The Hall–Kier alpha value is -0.0500. The number of nitrogens with one attached hydrogen (secondary N) is 1. The topological polar surface area (TPSA) is 46.2 Å². The normalized spacial score (nSPS) is 12.3. The van der Waals surface area contributed by atoms with Crippen molar-refractivity contribution in [1.29, 1.82) is 0 Å². The minimum absolute atomic E-state index is 0.0347. The van der Waals surface area contributed by atoms with Gasteiger partial charge in [0.1, 0.15) is 4.21 Å². The Balaban J connectivity index is 2.87. The van der Waals surface area contributed by atoms with E-state index in [2.05, 4.69) is 15.9 Å². The van der Waals surface area contributed by atoms with Crippen LogP contribution in [0, 0.1) is 6.92 Å². The highest BCUT2D eigenvalue weighted by Crippen LogP contribution is 2.30. The number of halogens is 3. The number of sulfonamides is 1. The van der Waals surface area contributed by atoms with Crippen LogP contribution < -0.4 is 4.72 Å². The van der Waals surface area contributed by atoms with Crippen LogP contribution in [0.4, 0.5) is 8.78 Å². The molecule has 0 aliphatic rings. The quantitative estimate of drug-likeness (QED) is 0.926. The molecule has 0 aliphatic heterocycles. The fourth-order valence-corrected chi connectivity index (χ4v) is 4.08. The van der Waals surface area contributed by atoms with E-state index in [9.17, 15) is 17.2 Å². The fraction of sp³-hybridized carbons (Fsp3) is 0.429.